The molecule has 0 aromatic heterocycles. The molecule has 0 saturated carbocycles. The molecule has 0 aromatic rings. The van der Waals surface area contributed by atoms with Gasteiger partial charge in [-0.05, 0) is 44.9 Å². The highest BCUT2D eigenvalue weighted by Crippen LogP contribution is 2.43. The minimum absolute atomic E-state index is 0.0543. The zero-order chi connectivity index (χ0) is 38.9. The van der Waals surface area contributed by atoms with E-state index in [4.69, 9.17) is 24.3 Å². The minimum Gasteiger partial charge on any atom is -0.462 e. The molecule has 0 aliphatic rings. The summed E-state index contributed by atoms with van der Waals surface area (Å²) in [6, 6.07) is 0. The number of ether oxygens (including phenoxy) is 2. The Labute approximate surface area is 325 Å². The van der Waals surface area contributed by atoms with Gasteiger partial charge in [0.1, 0.15) is 6.61 Å². The Morgan fingerprint density at radius 1 is 0.566 bits per heavy atom. The van der Waals surface area contributed by atoms with Crippen molar-refractivity contribution in [3.05, 3.63) is 24.3 Å². The van der Waals surface area contributed by atoms with Gasteiger partial charge in [0.25, 0.3) is 0 Å². The Kier molecular flexibility index (Phi) is 39.0. The lowest BCUT2D eigenvalue weighted by atomic mass is 10.0. The largest absolute Gasteiger partial charge is 0.472 e. The average Bonchev–Trinajstić information content (AvgIpc) is 3.14. The van der Waals surface area contributed by atoms with Crippen molar-refractivity contribution in [2.24, 2.45) is 5.73 Å². The molecular formula is C43H82NO8P. The van der Waals surface area contributed by atoms with Crippen molar-refractivity contribution in [3.8, 4) is 0 Å². The van der Waals surface area contributed by atoms with E-state index in [1.807, 2.05) is 0 Å². The molecule has 0 amide bonds. The second-order valence-electron chi connectivity index (χ2n) is 14.6. The van der Waals surface area contributed by atoms with Crippen molar-refractivity contribution in [2.45, 2.75) is 213 Å². The van der Waals surface area contributed by atoms with E-state index in [-0.39, 0.29) is 38.6 Å². The summed E-state index contributed by atoms with van der Waals surface area (Å²) in [5.74, 6) is -0.826. The summed E-state index contributed by atoms with van der Waals surface area (Å²) < 4.78 is 32.8. The molecule has 0 rings (SSSR count). The van der Waals surface area contributed by atoms with Gasteiger partial charge in [-0.1, -0.05) is 173 Å². The Morgan fingerprint density at radius 2 is 0.981 bits per heavy atom. The van der Waals surface area contributed by atoms with Gasteiger partial charge in [0.05, 0.1) is 13.2 Å². The standard InChI is InChI=1S/C43H82NO8P/c1-3-5-7-9-11-13-15-17-18-19-20-21-22-24-26-28-30-32-34-36-43(46)52-41(40-51-53(47,48)50-38-37-44)39-49-42(45)35-33-31-29-27-25-23-16-14-12-10-8-6-4-2/h11,13,17-18,41H,3-10,12,14-16,19-40,44H2,1-2H3,(H,47,48)/b13-11+,18-17+/t41-/m1/s1. The molecule has 9 nitrogen and oxygen atoms in total. The fraction of sp³-hybridized carbons (Fsp3) is 0.860. The Bertz CT molecular complexity index is 928. The third kappa shape index (κ3) is 40.0. The van der Waals surface area contributed by atoms with Gasteiger partial charge in [-0.3, -0.25) is 18.6 Å². The van der Waals surface area contributed by atoms with Gasteiger partial charge in [0, 0.05) is 19.4 Å². The number of esters is 2. The lowest BCUT2D eigenvalue weighted by Gasteiger charge is -2.19. The summed E-state index contributed by atoms with van der Waals surface area (Å²) in [7, 11) is -4.37. The number of phosphoric ester groups is 1. The van der Waals surface area contributed by atoms with Crippen LogP contribution >= 0.6 is 7.82 Å². The van der Waals surface area contributed by atoms with E-state index in [1.54, 1.807) is 0 Å². The number of rotatable bonds is 41. The number of hydrogen-bond donors (Lipinski definition) is 2. The van der Waals surface area contributed by atoms with Crippen LogP contribution in [0.1, 0.15) is 206 Å². The van der Waals surface area contributed by atoms with Gasteiger partial charge >= 0.3 is 19.8 Å². The van der Waals surface area contributed by atoms with E-state index in [9.17, 15) is 19.0 Å². The quantitative estimate of drug-likeness (QED) is 0.0269. The number of allylic oxidation sites excluding steroid dienone is 4. The van der Waals surface area contributed by atoms with Gasteiger partial charge in [-0.2, -0.15) is 0 Å². The first kappa shape index (κ1) is 51.5. The monoisotopic (exact) mass is 772 g/mol. The average molecular weight is 772 g/mol. The normalized spacial score (nSPS) is 13.5. The van der Waals surface area contributed by atoms with Gasteiger partial charge < -0.3 is 20.1 Å². The summed E-state index contributed by atoms with van der Waals surface area (Å²) in [5, 5.41) is 0. The van der Waals surface area contributed by atoms with E-state index in [1.165, 1.54) is 122 Å². The molecule has 0 spiro atoms. The molecule has 312 valence electrons. The maximum absolute atomic E-state index is 12.6. The van der Waals surface area contributed by atoms with E-state index >= 15 is 0 Å². The fourth-order valence-electron chi connectivity index (χ4n) is 6.08. The van der Waals surface area contributed by atoms with Crippen molar-refractivity contribution in [1.29, 1.82) is 0 Å². The fourth-order valence-corrected chi connectivity index (χ4v) is 6.84. The van der Waals surface area contributed by atoms with Gasteiger partial charge in [0.15, 0.2) is 6.10 Å². The van der Waals surface area contributed by atoms with E-state index in [0.717, 1.165) is 51.4 Å². The van der Waals surface area contributed by atoms with Crippen molar-refractivity contribution < 1.29 is 37.6 Å². The predicted octanol–water partition coefficient (Wildman–Crippen LogP) is 12.4. The van der Waals surface area contributed by atoms with E-state index in [2.05, 4.69) is 38.2 Å². The molecule has 10 heteroatoms. The number of carbonyl (C=O) groups is 2. The Hall–Kier alpha value is -1.51. The molecule has 0 aromatic carbocycles. The molecule has 1 unspecified atom stereocenters. The zero-order valence-electron chi connectivity index (χ0n) is 34.3. The van der Waals surface area contributed by atoms with Crippen molar-refractivity contribution in [2.75, 3.05) is 26.4 Å². The Morgan fingerprint density at radius 3 is 1.47 bits per heavy atom. The number of phosphoric acid groups is 1. The maximum atomic E-state index is 12.6. The highest BCUT2D eigenvalue weighted by atomic mass is 31.2. The van der Waals surface area contributed by atoms with Crippen LogP contribution in [0.15, 0.2) is 24.3 Å². The van der Waals surface area contributed by atoms with Crippen LogP contribution in [-0.4, -0.2) is 49.3 Å². The summed E-state index contributed by atoms with van der Waals surface area (Å²) in [4.78, 5) is 34.8. The summed E-state index contributed by atoms with van der Waals surface area (Å²) >= 11 is 0. The van der Waals surface area contributed by atoms with Crippen LogP contribution in [0.5, 0.6) is 0 Å². The van der Waals surface area contributed by atoms with Crippen molar-refractivity contribution in [1.82, 2.24) is 0 Å². The van der Waals surface area contributed by atoms with Crippen molar-refractivity contribution in [3.63, 3.8) is 0 Å². The van der Waals surface area contributed by atoms with Crippen LogP contribution < -0.4 is 5.73 Å². The summed E-state index contributed by atoms with van der Waals surface area (Å²) in [6.45, 7) is 3.72. The number of carbonyl (C=O) groups excluding carboxylic acids is 2. The van der Waals surface area contributed by atoms with Crippen LogP contribution in [-0.2, 0) is 32.7 Å². The van der Waals surface area contributed by atoms with Crippen LogP contribution in [0.3, 0.4) is 0 Å². The molecule has 0 aliphatic heterocycles. The van der Waals surface area contributed by atoms with Crippen LogP contribution in [0, 0.1) is 0 Å². The minimum atomic E-state index is -4.37. The highest BCUT2D eigenvalue weighted by Gasteiger charge is 2.26. The topological polar surface area (TPSA) is 134 Å². The molecule has 0 bridgehead atoms. The lowest BCUT2D eigenvalue weighted by molar-refractivity contribution is -0.161. The molecule has 2 atom stereocenters. The molecule has 3 N–H and O–H groups in total. The van der Waals surface area contributed by atoms with E-state index in [0.29, 0.717) is 6.42 Å². The third-order valence-corrected chi connectivity index (χ3v) is 10.3. The third-order valence-electron chi connectivity index (χ3n) is 9.34. The Balaban J connectivity index is 4.12. The summed E-state index contributed by atoms with van der Waals surface area (Å²) in [5.41, 5.74) is 5.35. The first-order chi connectivity index (χ1) is 25.8. The molecule has 0 heterocycles. The lowest BCUT2D eigenvalue weighted by Crippen LogP contribution is -2.29. The van der Waals surface area contributed by atoms with Gasteiger partial charge in [-0.25, -0.2) is 4.57 Å². The smallest absolute Gasteiger partial charge is 0.462 e. The molecule has 0 radical (unpaired) electrons. The van der Waals surface area contributed by atoms with Crippen molar-refractivity contribution >= 4 is 19.8 Å². The molecule has 0 aliphatic carbocycles. The maximum Gasteiger partial charge on any atom is 0.472 e. The predicted molar refractivity (Wildman–Crippen MR) is 220 cm³/mol. The molecule has 0 saturated heterocycles. The van der Waals surface area contributed by atoms with Crippen LogP contribution in [0.2, 0.25) is 0 Å². The summed E-state index contributed by atoms with van der Waals surface area (Å²) in [6.07, 6.45) is 42.0. The molecule has 0 fully saturated rings. The SMILES string of the molecule is CCCCC/C=C/C/C=C/CCCCCCCCCCCC(=O)O[C@H](COC(=O)CCCCCCCCCCCCCCC)COP(=O)(O)OCCN. The number of unbranched alkanes of at least 4 members (excludes halogenated alkanes) is 24. The zero-order valence-corrected chi connectivity index (χ0v) is 35.2. The van der Waals surface area contributed by atoms with E-state index < -0.39 is 26.5 Å². The number of hydrogen-bond acceptors (Lipinski definition) is 8. The van der Waals surface area contributed by atoms with Crippen LogP contribution in [0.25, 0.3) is 0 Å². The second-order valence-corrected chi connectivity index (χ2v) is 16.0. The molecule has 53 heavy (non-hydrogen) atoms. The number of nitrogens with two attached hydrogens (primary N) is 1. The van der Waals surface area contributed by atoms with Gasteiger partial charge in [-0.15, -0.1) is 0 Å². The molecular weight excluding hydrogens is 689 g/mol. The first-order valence-corrected chi connectivity index (χ1v) is 23.3. The highest BCUT2D eigenvalue weighted by molar-refractivity contribution is 7.47. The van der Waals surface area contributed by atoms with Crippen LogP contribution in [0.4, 0.5) is 0 Å². The van der Waals surface area contributed by atoms with Gasteiger partial charge in [0.2, 0.25) is 0 Å². The second kappa shape index (κ2) is 40.2. The first-order valence-electron chi connectivity index (χ1n) is 21.8.